The lowest BCUT2D eigenvalue weighted by Crippen LogP contribution is -2.48. The molecule has 7 nitrogen and oxygen atoms in total. The summed E-state index contributed by atoms with van der Waals surface area (Å²) in [6.45, 7) is 13.5. The second kappa shape index (κ2) is 9.73. The van der Waals surface area contributed by atoms with Crippen molar-refractivity contribution in [1.82, 2.24) is 10.2 Å². The number of aliphatic imine (C=N–C) groups is 1. The van der Waals surface area contributed by atoms with Gasteiger partial charge in [-0.2, -0.15) is 0 Å². The highest BCUT2D eigenvalue weighted by molar-refractivity contribution is 6.32. The molecular formula is C23H32ClN3O4. The second-order valence-corrected chi connectivity index (χ2v) is 9.86. The summed E-state index contributed by atoms with van der Waals surface area (Å²) in [5.74, 6) is 0.0915. The maximum atomic E-state index is 12.3. The molecular weight excluding hydrogens is 418 g/mol. The molecule has 0 unspecified atom stereocenters. The van der Waals surface area contributed by atoms with E-state index in [4.69, 9.17) is 21.1 Å². The van der Waals surface area contributed by atoms with E-state index in [2.05, 4.69) is 10.3 Å². The molecule has 0 radical (unpaired) electrons. The fourth-order valence-electron chi connectivity index (χ4n) is 2.93. The van der Waals surface area contributed by atoms with E-state index < -0.39 is 23.4 Å². The smallest absolute Gasteiger partial charge is 0.437 e. The maximum Gasteiger partial charge on any atom is 0.437 e. The molecule has 170 valence electrons. The molecule has 2 amide bonds. The molecule has 0 bridgehead atoms. The lowest BCUT2D eigenvalue weighted by molar-refractivity contribution is 0.0555. The molecule has 0 fully saturated rings. The van der Waals surface area contributed by atoms with Crippen molar-refractivity contribution in [2.45, 2.75) is 66.1 Å². The van der Waals surface area contributed by atoms with Crippen LogP contribution in [-0.4, -0.2) is 47.3 Å². The van der Waals surface area contributed by atoms with Crippen molar-refractivity contribution in [1.29, 1.82) is 0 Å². The Balaban J connectivity index is 2.22. The van der Waals surface area contributed by atoms with E-state index in [1.54, 1.807) is 46.4 Å². The predicted octanol–water partition coefficient (Wildman–Crippen LogP) is 5.55. The number of guanidine groups is 1. The van der Waals surface area contributed by atoms with Gasteiger partial charge in [-0.3, -0.25) is 5.32 Å². The number of amides is 2. The molecule has 1 aromatic rings. The van der Waals surface area contributed by atoms with Crippen LogP contribution in [0, 0.1) is 6.92 Å². The number of nitrogens with zero attached hydrogens (tertiary/aromatic N) is 2. The van der Waals surface area contributed by atoms with Crippen LogP contribution in [0.5, 0.6) is 0 Å². The summed E-state index contributed by atoms with van der Waals surface area (Å²) in [4.78, 5) is 30.4. The highest BCUT2D eigenvalue weighted by Crippen LogP contribution is 2.29. The molecule has 1 aromatic carbocycles. The molecule has 0 aromatic heterocycles. The van der Waals surface area contributed by atoms with Crippen LogP contribution in [0.25, 0.3) is 5.57 Å². The van der Waals surface area contributed by atoms with E-state index in [-0.39, 0.29) is 5.96 Å². The van der Waals surface area contributed by atoms with Gasteiger partial charge >= 0.3 is 12.2 Å². The number of carbonyl (C=O) groups is 2. The van der Waals surface area contributed by atoms with E-state index in [1.165, 1.54) is 0 Å². The van der Waals surface area contributed by atoms with Crippen molar-refractivity contribution >= 4 is 35.3 Å². The topological polar surface area (TPSA) is 80.2 Å². The van der Waals surface area contributed by atoms with Crippen LogP contribution in [0.15, 0.2) is 29.3 Å². The number of hydrogen-bond donors (Lipinski definition) is 1. The highest BCUT2D eigenvalue weighted by atomic mass is 35.5. The number of ether oxygens (including phenoxy) is 2. The van der Waals surface area contributed by atoms with Crippen LogP contribution in [0.3, 0.4) is 0 Å². The van der Waals surface area contributed by atoms with Gasteiger partial charge in [-0.25, -0.2) is 9.59 Å². The lowest BCUT2D eigenvalue weighted by atomic mass is 9.98. The van der Waals surface area contributed by atoms with Crippen molar-refractivity contribution < 1.29 is 19.1 Å². The van der Waals surface area contributed by atoms with Gasteiger partial charge in [0.05, 0.1) is 0 Å². The van der Waals surface area contributed by atoms with Crippen molar-refractivity contribution in [3.8, 4) is 0 Å². The zero-order valence-corrected chi connectivity index (χ0v) is 20.1. The number of rotatable bonds is 1. The number of carbonyl (C=O) groups excluding carboxylic acids is 2. The third kappa shape index (κ3) is 8.25. The SMILES string of the molecule is Cc1ccc(C2=CCN(C(=NC(=O)OC(C)(C)C)NC(=O)OC(C)(C)C)CC2)c(Cl)c1. The summed E-state index contributed by atoms with van der Waals surface area (Å²) in [6.07, 6.45) is 1.22. The zero-order chi connectivity index (χ0) is 23.4. The predicted molar refractivity (Wildman–Crippen MR) is 123 cm³/mol. The maximum absolute atomic E-state index is 12.3. The minimum absolute atomic E-state index is 0.0915. The van der Waals surface area contributed by atoms with Crippen LogP contribution in [0.4, 0.5) is 9.59 Å². The van der Waals surface area contributed by atoms with Crippen molar-refractivity contribution in [3.05, 3.63) is 40.4 Å². The Bertz CT molecular complexity index is 895. The van der Waals surface area contributed by atoms with Gasteiger partial charge in [-0.05, 0) is 77.7 Å². The number of benzene rings is 1. The number of alkyl carbamates (subject to hydrolysis) is 1. The third-order valence-corrected chi connectivity index (χ3v) is 4.50. The molecule has 0 spiro atoms. The summed E-state index contributed by atoms with van der Waals surface area (Å²) in [5.41, 5.74) is 1.81. The zero-order valence-electron chi connectivity index (χ0n) is 19.3. The number of nitrogens with one attached hydrogen (secondary N) is 1. The largest absolute Gasteiger partial charge is 0.444 e. The normalized spacial score (nSPS) is 15.3. The molecule has 0 saturated heterocycles. The molecule has 31 heavy (non-hydrogen) atoms. The van der Waals surface area contributed by atoms with Gasteiger partial charge < -0.3 is 14.4 Å². The van der Waals surface area contributed by atoms with Crippen molar-refractivity contribution in [3.63, 3.8) is 0 Å². The number of halogens is 1. The summed E-state index contributed by atoms with van der Waals surface area (Å²) in [7, 11) is 0. The first-order chi connectivity index (χ1) is 14.2. The number of hydrogen-bond acceptors (Lipinski definition) is 4. The first-order valence-electron chi connectivity index (χ1n) is 10.3. The van der Waals surface area contributed by atoms with Crippen LogP contribution in [0.1, 0.15) is 59.1 Å². The van der Waals surface area contributed by atoms with Crippen LogP contribution in [-0.2, 0) is 9.47 Å². The average Bonchev–Trinajstić information content (AvgIpc) is 2.58. The van der Waals surface area contributed by atoms with Gasteiger partial charge in [0, 0.05) is 18.1 Å². The molecule has 0 aliphatic carbocycles. The Morgan fingerprint density at radius 2 is 1.74 bits per heavy atom. The monoisotopic (exact) mass is 449 g/mol. The summed E-state index contributed by atoms with van der Waals surface area (Å²) in [5, 5.41) is 3.29. The molecule has 1 heterocycles. The van der Waals surface area contributed by atoms with Gasteiger partial charge in [0.25, 0.3) is 0 Å². The molecule has 0 saturated carbocycles. The van der Waals surface area contributed by atoms with Gasteiger partial charge in [0.2, 0.25) is 5.96 Å². The van der Waals surface area contributed by atoms with E-state index >= 15 is 0 Å². The molecule has 8 heteroatoms. The van der Waals surface area contributed by atoms with Crippen LogP contribution in [0.2, 0.25) is 5.02 Å². The van der Waals surface area contributed by atoms with Crippen molar-refractivity contribution in [2.24, 2.45) is 4.99 Å². The lowest BCUT2D eigenvalue weighted by Gasteiger charge is -2.30. The summed E-state index contributed by atoms with van der Waals surface area (Å²) < 4.78 is 10.6. The van der Waals surface area contributed by atoms with E-state index in [9.17, 15) is 9.59 Å². The number of aryl methyl sites for hydroxylation is 1. The fourth-order valence-corrected chi connectivity index (χ4v) is 3.29. The van der Waals surface area contributed by atoms with E-state index in [0.717, 1.165) is 16.7 Å². The molecule has 1 aliphatic heterocycles. The Kier molecular flexibility index (Phi) is 7.76. The summed E-state index contributed by atoms with van der Waals surface area (Å²) in [6, 6.07) is 5.96. The second-order valence-electron chi connectivity index (χ2n) is 9.45. The third-order valence-electron chi connectivity index (χ3n) is 4.18. The minimum atomic E-state index is -0.782. The first-order valence-corrected chi connectivity index (χ1v) is 10.6. The van der Waals surface area contributed by atoms with Gasteiger partial charge in [-0.1, -0.05) is 29.8 Å². The standard InChI is InChI=1S/C23H32ClN3O4/c1-15-8-9-17(18(24)14-15)16-10-12-27(13-11-16)19(25-20(28)30-22(2,3)4)26-21(29)31-23(5,6)7/h8-10,14H,11-13H2,1-7H3,(H,25,26,28,29). The van der Waals surface area contributed by atoms with Crippen LogP contribution < -0.4 is 5.32 Å². The minimum Gasteiger partial charge on any atom is -0.444 e. The summed E-state index contributed by atoms with van der Waals surface area (Å²) >= 11 is 6.41. The average molecular weight is 450 g/mol. The Morgan fingerprint density at radius 3 is 2.26 bits per heavy atom. The van der Waals surface area contributed by atoms with Crippen molar-refractivity contribution in [2.75, 3.05) is 13.1 Å². The van der Waals surface area contributed by atoms with E-state index in [0.29, 0.717) is 24.5 Å². The Labute approximate surface area is 189 Å². The highest BCUT2D eigenvalue weighted by Gasteiger charge is 2.25. The van der Waals surface area contributed by atoms with Gasteiger partial charge in [0.1, 0.15) is 11.2 Å². The first kappa shape index (κ1) is 24.7. The van der Waals surface area contributed by atoms with Gasteiger partial charge in [-0.15, -0.1) is 4.99 Å². The fraction of sp³-hybridized carbons (Fsp3) is 0.522. The molecule has 1 N–H and O–H groups in total. The van der Waals surface area contributed by atoms with Crippen LogP contribution >= 0.6 is 11.6 Å². The molecule has 0 atom stereocenters. The Morgan fingerprint density at radius 1 is 1.10 bits per heavy atom. The van der Waals surface area contributed by atoms with E-state index in [1.807, 2.05) is 31.2 Å². The quantitative estimate of drug-likeness (QED) is 0.448. The molecule has 1 aliphatic rings. The van der Waals surface area contributed by atoms with Gasteiger partial charge in [0.15, 0.2) is 0 Å². The molecule has 2 rings (SSSR count). The Hall–Kier alpha value is -2.54.